The second kappa shape index (κ2) is 13.4. The van der Waals surface area contributed by atoms with Crippen molar-refractivity contribution in [2.75, 3.05) is 4.90 Å². The lowest BCUT2D eigenvalue weighted by Crippen LogP contribution is -2.11. The first kappa shape index (κ1) is 32.4. The molecule has 0 spiro atoms. The molecule has 2 heteroatoms. The van der Waals surface area contributed by atoms with E-state index in [0.29, 0.717) is 0 Å². The van der Waals surface area contributed by atoms with Gasteiger partial charge in [0.1, 0.15) is 0 Å². The molecule has 0 atom stereocenters. The maximum Gasteiger partial charge on any atom is 0.0555 e. The fourth-order valence-electron chi connectivity index (χ4n) is 8.69. The van der Waals surface area contributed by atoms with Crippen LogP contribution in [0.15, 0.2) is 212 Å². The van der Waals surface area contributed by atoms with Crippen LogP contribution in [-0.4, -0.2) is 0 Å². The normalized spacial score (nSPS) is 11.6. The van der Waals surface area contributed by atoms with Crippen molar-refractivity contribution in [2.45, 2.75) is 0 Å². The molecule has 1 heterocycles. The van der Waals surface area contributed by atoms with Crippen LogP contribution in [0.2, 0.25) is 0 Å². The first-order chi connectivity index (χ1) is 27.8. The van der Waals surface area contributed by atoms with Gasteiger partial charge in [-0.2, -0.15) is 0 Å². The highest BCUT2D eigenvalue weighted by Gasteiger charge is 2.23. The Morgan fingerprint density at radius 2 is 0.911 bits per heavy atom. The van der Waals surface area contributed by atoms with E-state index in [1.165, 1.54) is 85.9 Å². The summed E-state index contributed by atoms with van der Waals surface area (Å²) in [6.45, 7) is 0. The van der Waals surface area contributed by atoms with Gasteiger partial charge < -0.3 is 4.90 Å². The molecule has 0 amide bonds. The van der Waals surface area contributed by atoms with Gasteiger partial charge in [0.05, 0.1) is 11.4 Å². The van der Waals surface area contributed by atoms with Crippen molar-refractivity contribution in [1.82, 2.24) is 0 Å². The van der Waals surface area contributed by atoms with E-state index in [1.807, 2.05) is 11.3 Å². The summed E-state index contributed by atoms with van der Waals surface area (Å²) in [7, 11) is 0. The van der Waals surface area contributed by atoms with Gasteiger partial charge >= 0.3 is 0 Å². The summed E-state index contributed by atoms with van der Waals surface area (Å²) in [6, 6.07) is 77.7. The van der Waals surface area contributed by atoms with Gasteiger partial charge in [0.2, 0.25) is 0 Å². The van der Waals surface area contributed by atoms with Crippen molar-refractivity contribution < 1.29 is 0 Å². The van der Waals surface area contributed by atoms with Crippen LogP contribution in [0.4, 0.5) is 17.1 Å². The quantitative estimate of drug-likeness (QED) is 0.154. The van der Waals surface area contributed by atoms with Crippen LogP contribution in [0.5, 0.6) is 0 Å². The van der Waals surface area contributed by atoms with E-state index in [4.69, 9.17) is 0 Å². The number of nitrogens with zero attached hydrogens (tertiary/aromatic N) is 1. The molecule has 0 saturated heterocycles. The Bertz CT molecular complexity index is 3250. The molecule has 0 unspecified atom stereocenters. The van der Waals surface area contributed by atoms with Crippen LogP contribution in [0.3, 0.4) is 0 Å². The summed E-state index contributed by atoms with van der Waals surface area (Å²) in [4.78, 5) is 2.49. The summed E-state index contributed by atoms with van der Waals surface area (Å²) < 4.78 is 2.60. The second-order valence-electron chi connectivity index (χ2n) is 14.4. The van der Waals surface area contributed by atoms with E-state index >= 15 is 0 Å². The predicted octanol–water partition coefficient (Wildman–Crippen LogP) is 16.0. The fourth-order valence-corrected chi connectivity index (χ4v) is 9.95. The monoisotopic (exact) mass is 729 g/mol. The van der Waals surface area contributed by atoms with Crippen molar-refractivity contribution in [3.8, 4) is 33.4 Å². The minimum absolute atomic E-state index is 1.11. The Kier molecular flexibility index (Phi) is 7.75. The van der Waals surface area contributed by atoms with Crippen molar-refractivity contribution >= 4 is 80.9 Å². The first-order valence-corrected chi connectivity index (χ1v) is 20.0. The van der Waals surface area contributed by atoms with Gasteiger partial charge in [0, 0.05) is 31.4 Å². The van der Waals surface area contributed by atoms with Crippen LogP contribution in [0.25, 0.3) is 85.9 Å². The van der Waals surface area contributed by atoms with Crippen molar-refractivity contribution in [1.29, 1.82) is 0 Å². The molecular formula is C54H35NS. The van der Waals surface area contributed by atoms with Crippen molar-refractivity contribution in [3.05, 3.63) is 212 Å². The van der Waals surface area contributed by atoms with Crippen molar-refractivity contribution in [2.24, 2.45) is 0 Å². The minimum atomic E-state index is 1.11. The second-order valence-corrected chi connectivity index (χ2v) is 15.5. The highest BCUT2D eigenvalue weighted by molar-refractivity contribution is 7.26. The van der Waals surface area contributed by atoms with Crippen LogP contribution >= 0.6 is 11.3 Å². The zero-order chi connectivity index (χ0) is 37.0. The number of hydrogen-bond acceptors (Lipinski definition) is 2. The van der Waals surface area contributed by atoms with Gasteiger partial charge in [-0.15, -0.1) is 11.3 Å². The molecule has 0 saturated carbocycles. The summed E-state index contributed by atoms with van der Waals surface area (Å²) in [5, 5.41) is 10.2. The van der Waals surface area contributed by atoms with Crippen LogP contribution in [-0.2, 0) is 0 Å². The Labute approximate surface area is 330 Å². The van der Waals surface area contributed by atoms with E-state index in [9.17, 15) is 0 Å². The average molecular weight is 730 g/mol. The van der Waals surface area contributed by atoms with E-state index < -0.39 is 0 Å². The molecule has 11 rings (SSSR count). The van der Waals surface area contributed by atoms with Gasteiger partial charge in [0.25, 0.3) is 0 Å². The molecule has 0 aliphatic carbocycles. The number of benzene rings is 10. The molecule has 56 heavy (non-hydrogen) atoms. The van der Waals surface area contributed by atoms with E-state index in [0.717, 1.165) is 17.1 Å². The van der Waals surface area contributed by atoms with Gasteiger partial charge in [-0.05, 0) is 96.5 Å². The predicted molar refractivity (Wildman–Crippen MR) is 243 cm³/mol. The molecule has 0 bridgehead atoms. The van der Waals surface area contributed by atoms with Gasteiger partial charge in [-0.1, -0.05) is 176 Å². The third kappa shape index (κ3) is 5.30. The molecule has 1 aromatic heterocycles. The highest BCUT2D eigenvalue weighted by Crippen LogP contribution is 2.50. The number of rotatable bonds is 6. The molecular weight excluding hydrogens is 695 g/mol. The number of thiophene rings is 1. The smallest absolute Gasteiger partial charge is 0.0555 e. The molecule has 0 aliphatic heterocycles. The molecule has 10 aromatic carbocycles. The number of para-hydroxylation sites is 1. The highest BCUT2D eigenvalue weighted by atomic mass is 32.1. The SMILES string of the molecule is c1ccc(-c2ccc(N(c3ccccc3-c3ccccc3-c3cc4ccccc4c4ccccc34)c3cccc4sc5c6ccccc6ccc5c34)cc2)cc1. The standard InChI is InChI=1S/C54H35NS/c1-2-15-36(16-3-1)37-29-32-40(33-30-37)55(51-27-14-28-52-53(51)48-34-31-38-17-4-7-20-42(38)54(48)56-52)50-26-13-12-25-47(50)44-22-9-11-24-46(44)49-35-39-18-5-6-19-41(39)43-21-8-10-23-45(43)49/h1-35H. The number of fused-ring (bicyclic) bond motifs is 8. The summed E-state index contributed by atoms with van der Waals surface area (Å²) in [5.74, 6) is 0. The van der Waals surface area contributed by atoms with E-state index in [2.05, 4.69) is 217 Å². The fraction of sp³-hybridized carbons (Fsp3) is 0. The third-order valence-electron chi connectivity index (χ3n) is 11.3. The summed E-state index contributed by atoms with van der Waals surface area (Å²) >= 11 is 1.89. The molecule has 0 fully saturated rings. The van der Waals surface area contributed by atoms with Crippen molar-refractivity contribution in [3.63, 3.8) is 0 Å². The zero-order valence-corrected chi connectivity index (χ0v) is 31.4. The van der Waals surface area contributed by atoms with Gasteiger partial charge in [-0.25, -0.2) is 0 Å². The number of anilines is 3. The zero-order valence-electron chi connectivity index (χ0n) is 30.6. The van der Waals surface area contributed by atoms with Crippen LogP contribution in [0.1, 0.15) is 0 Å². The molecule has 0 aliphatic rings. The lowest BCUT2D eigenvalue weighted by atomic mass is 9.88. The van der Waals surface area contributed by atoms with Crippen LogP contribution < -0.4 is 4.90 Å². The Morgan fingerprint density at radius 1 is 0.321 bits per heavy atom. The molecule has 0 N–H and O–H groups in total. The lowest BCUT2D eigenvalue weighted by Gasteiger charge is -2.29. The minimum Gasteiger partial charge on any atom is -0.309 e. The Hall–Kier alpha value is -7.00. The van der Waals surface area contributed by atoms with Gasteiger partial charge in [0.15, 0.2) is 0 Å². The third-order valence-corrected chi connectivity index (χ3v) is 12.5. The van der Waals surface area contributed by atoms with E-state index in [1.54, 1.807) is 0 Å². The summed E-state index contributed by atoms with van der Waals surface area (Å²) in [6.07, 6.45) is 0. The largest absolute Gasteiger partial charge is 0.309 e. The Balaban J connectivity index is 1.17. The average Bonchev–Trinajstić information content (AvgIpc) is 3.67. The first-order valence-electron chi connectivity index (χ1n) is 19.2. The molecule has 1 nitrogen and oxygen atoms in total. The van der Waals surface area contributed by atoms with E-state index in [-0.39, 0.29) is 0 Å². The molecule has 0 radical (unpaired) electrons. The van der Waals surface area contributed by atoms with Crippen LogP contribution in [0, 0.1) is 0 Å². The maximum atomic E-state index is 2.49. The Morgan fingerprint density at radius 3 is 1.71 bits per heavy atom. The summed E-state index contributed by atoms with van der Waals surface area (Å²) in [5.41, 5.74) is 10.6. The maximum absolute atomic E-state index is 2.49. The topological polar surface area (TPSA) is 3.24 Å². The molecule has 11 aromatic rings. The lowest BCUT2D eigenvalue weighted by molar-refractivity contribution is 1.30. The number of hydrogen-bond donors (Lipinski definition) is 0. The molecule has 262 valence electrons. The van der Waals surface area contributed by atoms with Gasteiger partial charge in [-0.3, -0.25) is 0 Å².